The highest BCUT2D eigenvalue weighted by molar-refractivity contribution is 5.86. The van der Waals surface area contributed by atoms with Crippen molar-refractivity contribution in [3.63, 3.8) is 0 Å². The van der Waals surface area contributed by atoms with Gasteiger partial charge in [-0.05, 0) is 25.5 Å². The summed E-state index contributed by atoms with van der Waals surface area (Å²) in [4.78, 5) is 16.8. The standard InChI is InChI=1S/C17H18N4O2/c1-11-9-21-10-12(6-7-16(21)18-11)19-17(22)8-14-13-4-2-3-5-15(13)23-20-14/h2-5,9,12H,6-8,10H2,1H3,(H,19,22)/t12-/m1/s1. The van der Waals surface area contributed by atoms with E-state index >= 15 is 0 Å². The molecule has 0 saturated carbocycles. The molecular formula is C17H18N4O2. The first-order chi connectivity index (χ1) is 11.2. The Morgan fingerprint density at radius 3 is 3.22 bits per heavy atom. The Hall–Kier alpha value is -2.63. The van der Waals surface area contributed by atoms with Gasteiger partial charge in [0, 0.05) is 30.6 Å². The lowest BCUT2D eigenvalue weighted by atomic mass is 10.1. The first-order valence-electron chi connectivity index (χ1n) is 7.84. The van der Waals surface area contributed by atoms with Crippen LogP contribution in [0.2, 0.25) is 0 Å². The number of nitrogens with one attached hydrogen (secondary N) is 1. The van der Waals surface area contributed by atoms with Crippen LogP contribution in [-0.2, 0) is 24.2 Å². The van der Waals surface area contributed by atoms with E-state index in [1.807, 2.05) is 37.4 Å². The fourth-order valence-electron chi connectivity index (χ4n) is 3.20. The molecule has 0 saturated heterocycles. The summed E-state index contributed by atoms with van der Waals surface area (Å²) in [5, 5.41) is 8.02. The second-order valence-corrected chi connectivity index (χ2v) is 6.06. The number of rotatable bonds is 3. The summed E-state index contributed by atoms with van der Waals surface area (Å²) < 4.78 is 7.38. The molecule has 2 aromatic heterocycles. The van der Waals surface area contributed by atoms with Gasteiger partial charge in [-0.25, -0.2) is 4.98 Å². The average Bonchev–Trinajstić information content (AvgIpc) is 3.10. The number of aromatic nitrogens is 3. The molecule has 0 bridgehead atoms. The third-order valence-corrected chi connectivity index (χ3v) is 4.26. The molecule has 6 nitrogen and oxygen atoms in total. The maximum absolute atomic E-state index is 12.3. The van der Waals surface area contributed by atoms with Crippen molar-refractivity contribution in [3.05, 3.63) is 47.7 Å². The van der Waals surface area contributed by atoms with E-state index in [2.05, 4.69) is 20.0 Å². The molecule has 1 aromatic carbocycles. The molecule has 1 aliphatic heterocycles. The molecule has 0 aliphatic carbocycles. The van der Waals surface area contributed by atoms with E-state index in [0.717, 1.165) is 36.3 Å². The predicted octanol–water partition coefficient (Wildman–Crippen LogP) is 2.01. The van der Waals surface area contributed by atoms with Crippen molar-refractivity contribution in [1.29, 1.82) is 0 Å². The maximum Gasteiger partial charge on any atom is 0.226 e. The van der Waals surface area contributed by atoms with Gasteiger partial charge in [-0.2, -0.15) is 0 Å². The molecule has 1 N–H and O–H groups in total. The van der Waals surface area contributed by atoms with Crippen LogP contribution < -0.4 is 5.32 Å². The van der Waals surface area contributed by atoms with Gasteiger partial charge in [0.25, 0.3) is 0 Å². The number of aryl methyl sites for hydroxylation is 2. The number of amides is 1. The molecule has 0 fully saturated rings. The first kappa shape index (κ1) is 14.0. The van der Waals surface area contributed by atoms with Crippen molar-refractivity contribution in [2.24, 2.45) is 0 Å². The molecule has 1 atom stereocenters. The molecule has 0 unspecified atom stereocenters. The molecule has 23 heavy (non-hydrogen) atoms. The fourth-order valence-corrected chi connectivity index (χ4v) is 3.20. The molecule has 3 aromatic rings. The lowest BCUT2D eigenvalue weighted by molar-refractivity contribution is -0.121. The van der Waals surface area contributed by atoms with E-state index in [1.165, 1.54) is 0 Å². The van der Waals surface area contributed by atoms with Crippen LogP contribution in [0.4, 0.5) is 0 Å². The van der Waals surface area contributed by atoms with Gasteiger partial charge >= 0.3 is 0 Å². The van der Waals surface area contributed by atoms with Crippen LogP contribution in [-0.4, -0.2) is 26.7 Å². The molecule has 0 spiro atoms. The molecule has 4 rings (SSSR count). The van der Waals surface area contributed by atoms with Crippen LogP contribution in [0, 0.1) is 6.92 Å². The van der Waals surface area contributed by atoms with Gasteiger partial charge in [0.05, 0.1) is 12.1 Å². The second kappa shape index (κ2) is 5.53. The van der Waals surface area contributed by atoms with Crippen LogP contribution >= 0.6 is 0 Å². The topological polar surface area (TPSA) is 73.0 Å². The molecule has 1 amide bonds. The zero-order chi connectivity index (χ0) is 15.8. The number of para-hydroxylation sites is 1. The maximum atomic E-state index is 12.3. The van der Waals surface area contributed by atoms with Crippen LogP contribution in [0.3, 0.4) is 0 Å². The Kier molecular flexibility index (Phi) is 3.37. The number of carbonyl (C=O) groups excluding carboxylic acids is 1. The highest BCUT2D eigenvalue weighted by atomic mass is 16.5. The van der Waals surface area contributed by atoms with Gasteiger partial charge in [-0.15, -0.1) is 0 Å². The Bertz CT molecular complexity index is 864. The lowest BCUT2D eigenvalue weighted by Crippen LogP contribution is -2.41. The molecule has 0 radical (unpaired) electrons. The van der Waals surface area contributed by atoms with Crippen LogP contribution in [0.25, 0.3) is 11.0 Å². The molecular weight excluding hydrogens is 292 g/mol. The molecule has 6 heteroatoms. The zero-order valence-electron chi connectivity index (χ0n) is 13.0. The van der Waals surface area contributed by atoms with E-state index in [0.29, 0.717) is 11.3 Å². The van der Waals surface area contributed by atoms with E-state index in [-0.39, 0.29) is 18.4 Å². The van der Waals surface area contributed by atoms with Crippen molar-refractivity contribution in [1.82, 2.24) is 20.0 Å². The van der Waals surface area contributed by atoms with Crippen molar-refractivity contribution in [3.8, 4) is 0 Å². The number of hydrogen-bond donors (Lipinski definition) is 1. The number of imidazole rings is 1. The summed E-state index contributed by atoms with van der Waals surface area (Å²) in [6, 6.07) is 7.74. The highest BCUT2D eigenvalue weighted by Crippen LogP contribution is 2.19. The number of nitrogens with zero attached hydrogens (tertiary/aromatic N) is 3. The van der Waals surface area contributed by atoms with E-state index in [4.69, 9.17) is 4.52 Å². The third-order valence-electron chi connectivity index (χ3n) is 4.26. The average molecular weight is 310 g/mol. The first-order valence-corrected chi connectivity index (χ1v) is 7.84. The quantitative estimate of drug-likeness (QED) is 0.803. The van der Waals surface area contributed by atoms with Crippen molar-refractivity contribution in [2.75, 3.05) is 0 Å². The Balaban J connectivity index is 1.43. The van der Waals surface area contributed by atoms with Gasteiger partial charge in [-0.1, -0.05) is 17.3 Å². The normalized spacial score (nSPS) is 17.2. The summed E-state index contributed by atoms with van der Waals surface area (Å²) in [6.07, 6.45) is 4.09. The van der Waals surface area contributed by atoms with Gasteiger partial charge in [0.1, 0.15) is 11.5 Å². The summed E-state index contributed by atoms with van der Waals surface area (Å²) in [7, 11) is 0. The predicted molar refractivity (Wildman–Crippen MR) is 84.9 cm³/mol. The third kappa shape index (κ3) is 2.72. The number of carbonyl (C=O) groups is 1. The molecule has 1 aliphatic rings. The van der Waals surface area contributed by atoms with E-state index in [1.54, 1.807) is 0 Å². The number of fused-ring (bicyclic) bond motifs is 2. The molecule has 3 heterocycles. The minimum Gasteiger partial charge on any atom is -0.356 e. The largest absolute Gasteiger partial charge is 0.356 e. The minimum atomic E-state index is -0.0191. The Morgan fingerprint density at radius 1 is 1.43 bits per heavy atom. The van der Waals surface area contributed by atoms with Crippen LogP contribution in [0.15, 0.2) is 35.0 Å². The van der Waals surface area contributed by atoms with Crippen molar-refractivity contribution in [2.45, 2.75) is 38.8 Å². The summed E-state index contributed by atoms with van der Waals surface area (Å²) in [5.41, 5.74) is 2.43. The van der Waals surface area contributed by atoms with E-state index < -0.39 is 0 Å². The van der Waals surface area contributed by atoms with E-state index in [9.17, 15) is 4.79 Å². The van der Waals surface area contributed by atoms with Crippen molar-refractivity contribution < 1.29 is 9.32 Å². The lowest BCUT2D eigenvalue weighted by Gasteiger charge is -2.24. The summed E-state index contributed by atoms with van der Waals surface area (Å²) in [5.74, 6) is 1.09. The minimum absolute atomic E-state index is 0.0191. The smallest absolute Gasteiger partial charge is 0.226 e. The Morgan fingerprint density at radius 2 is 2.30 bits per heavy atom. The number of hydrogen-bond acceptors (Lipinski definition) is 4. The summed E-state index contributed by atoms with van der Waals surface area (Å²) >= 11 is 0. The Labute approximate surface area is 133 Å². The highest BCUT2D eigenvalue weighted by Gasteiger charge is 2.22. The zero-order valence-corrected chi connectivity index (χ0v) is 13.0. The fraction of sp³-hybridized carbons (Fsp3) is 0.353. The molecule has 118 valence electrons. The number of benzene rings is 1. The SMILES string of the molecule is Cc1cn2c(n1)CC[C@@H](NC(=O)Cc1noc3ccccc13)C2. The van der Waals surface area contributed by atoms with Crippen molar-refractivity contribution >= 4 is 16.9 Å². The van der Waals surface area contributed by atoms with Gasteiger partial charge in [0.2, 0.25) is 5.91 Å². The van der Waals surface area contributed by atoms with Gasteiger partial charge in [-0.3, -0.25) is 4.79 Å². The second-order valence-electron chi connectivity index (χ2n) is 6.06. The van der Waals surface area contributed by atoms with Gasteiger partial charge < -0.3 is 14.4 Å². The van der Waals surface area contributed by atoms with Gasteiger partial charge in [0.15, 0.2) is 5.58 Å². The summed E-state index contributed by atoms with van der Waals surface area (Å²) in [6.45, 7) is 2.77. The monoisotopic (exact) mass is 310 g/mol. The van der Waals surface area contributed by atoms with Crippen LogP contribution in [0.5, 0.6) is 0 Å². The van der Waals surface area contributed by atoms with Crippen LogP contribution in [0.1, 0.15) is 23.6 Å².